The number of hydrogen-bond donors (Lipinski definition) is 1. The highest BCUT2D eigenvalue weighted by atomic mass is 32.2. The predicted molar refractivity (Wildman–Crippen MR) is 89.6 cm³/mol. The Hall–Kier alpha value is -0.470. The van der Waals surface area contributed by atoms with Crippen molar-refractivity contribution in [2.24, 2.45) is 0 Å². The van der Waals surface area contributed by atoms with Crippen LogP contribution in [-0.2, 0) is 12.8 Å². The average Bonchev–Trinajstić information content (AvgIpc) is 2.94. The van der Waals surface area contributed by atoms with Crippen molar-refractivity contribution in [3.8, 4) is 0 Å². The minimum absolute atomic E-state index is 0.492. The molecule has 2 aliphatic rings. The fourth-order valence-corrected chi connectivity index (χ4v) is 4.65. The Kier molecular flexibility index (Phi) is 4.72. The molecule has 1 nitrogen and oxygen atoms in total. The van der Waals surface area contributed by atoms with Gasteiger partial charge in [0.25, 0.3) is 0 Å². The van der Waals surface area contributed by atoms with Crippen LogP contribution in [0.15, 0.2) is 18.2 Å². The molecule has 20 heavy (non-hydrogen) atoms. The van der Waals surface area contributed by atoms with E-state index in [1.54, 1.807) is 11.1 Å². The molecule has 3 atom stereocenters. The van der Waals surface area contributed by atoms with Crippen LogP contribution in [0.5, 0.6) is 0 Å². The summed E-state index contributed by atoms with van der Waals surface area (Å²) in [5.74, 6) is 0. The van der Waals surface area contributed by atoms with Crippen molar-refractivity contribution in [3.63, 3.8) is 0 Å². The maximum Gasteiger partial charge on any atom is 0.0294 e. The minimum atomic E-state index is 0.492. The summed E-state index contributed by atoms with van der Waals surface area (Å²) < 4.78 is 0. The van der Waals surface area contributed by atoms with E-state index in [-0.39, 0.29) is 0 Å². The number of benzene rings is 1. The zero-order valence-electron chi connectivity index (χ0n) is 12.8. The zero-order valence-corrected chi connectivity index (χ0v) is 13.6. The second-order valence-corrected chi connectivity index (χ2v) is 7.63. The van der Waals surface area contributed by atoms with Crippen molar-refractivity contribution < 1.29 is 0 Å². The highest BCUT2D eigenvalue weighted by molar-refractivity contribution is 7.99. The number of nitrogens with one attached hydrogen (secondary N) is 1. The van der Waals surface area contributed by atoms with Crippen LogP contribution in [0.2, 0.25) is 0 Å². The van der Waals surface area contributed by atoms with E-state index in [4.69, 9.17) is 0 Å². The van der Waals surface area contributed by atoms with Gasteiger partial charge in [0.15, 0.2) is 0 Å². The molecule has 0 aromatic heterocycles. The van der Waals surface area contributed by atoms with E-state index in [0.29, 0.717) is 12.1 Å². The van der Waals surface area contributed by atoms with Gasteiger partial charge in [-0.2, -0.15) is 11.8 Å². The van der Waals surface area contributed by atoms with Crippen LogP contribution in [0, 0.1) is 0 Å². The molecule has 1 aromatic rings. The van der Waals surface area contributed by atoms with Crippen LogP contribution in [0.1, 0.15) is 61.8 Å². The molecular weight excluding hydrogens is 262 g/mol. The lowest BCUT2D eigenvalue weighted by atomic mass is 9.93. The van der Waals surface area contributed by atoms with Gasteiger partial charge in [-0.25, -0.2) is 0 Å². The molecule has 0 saturated heterocycles. The summed E-state index contributed by atoms with van der Waals surface area (Å²) in [5.41, 5.74) is 4.67. The van der Waals surface area contributed by atoms with Crippen molar-refractivity contribution in [1.82, 2.24) is 5.32 Å². The fourth-order valence-electron chi connectivity index (χ4n) is 3.82. The summed E-state index contributed by atoms with van der Waals surface area (Å²) in [5, 5.41) is 4.75. The van der Waals surface area contributed by atoms with Gasteiger partial charge in [-0.05, 0) is 68.4 Å². The molecule has 2 aliphatic carbocycles. The third kappa shape index (κ3) is 3.23. The first-order chi connectivity index (χ1) is 9.76. The van der Waals surface area contributed by atoms with Crippen LogP contribution >= 0.6 is 11.8 Å². The standard InChI is InChI=1S/C18H27NS/c1-13(19-17-7-4-8-18(12-17)20-2)15-10-9-14-5-3-6-16(14)11-15/h9-11,13,17-19H,3-8,12H2,1-2H3. The maximum absolute atomic E-state index is 3.88. The molecular formula is C18H27NS. The van der Waals surface area contributed by atoms with E-state index in [1.165, 1.54) is 50.5 Å². The first kappa shape index (κ1) is 14.5. The lowest BCUT2D eigenvalue weighted by Gasteiger charge is -2.31. The van der Waals surface area contributed by atoms with Crippen LogP contribution in [0.4, 0.5) is 0 Å². The number of fused-ring (bicyclic) bond motifs is 1. The Labute approximate surface area is 127 Å². The monoisotopic (exact) mass is 289 g/mol. The summed E-state index contributed by atoms with van der Waals surface area (Å²) in [6, 6.07) is 8.36. The van der Waals surface area contributed by atoms with Gasteiger partial charge in [-0.1, -0.05) is 24.6 Å². The van der Waals surface area contributed by atoms with E-state index >= 15 is 0 Å². The van der Waals surface area contributed by atoms with E-state index < -0.39 is 0 Å². The number of hydrogen-bond acceptors (Lipinski definition) is 2. The molecule has 0 heterocycles. The Balaban J connectivity index is 1.62. The van der Waals surface area contributed by atoms with Crippen LogP contribution in [0.3, 0.4) is 0 Å². The Morgan fingerprint density at radius 3 is 2.85 bits per heavy atom. The molecule has 0 bridgehead atoms. The third-order valence-corrected chi connectivity index (χ3v) is 6.16. The predicted octanol–water partition coefficient (Wildman–Crippen LogP) is 4.50. The first-order valence-corrected chi connectivity index (χ1v) is 9.45. The largest absolute Gasteiger partial charge is 0.307 e. The quantitative estimate of drug-likeness (QED) is 0.876. The normalized spacial score (nSPS) is 27.3. The van der Waals surface area contributed by atoms with Crippen LogP contribution in [0.25, 0.3) is 0 Å². The van der Waals surface area contributed by atoms with Crippen molar-refractivity contribution in [2.75, 3.05) is 6.26 Å². The SMILES string of the molecule is CSC1CCCC(NC(C)c2ccc3c(c2)CCC3)C1. The zero-order chi connectivity index (χ0) is 13.9. The van der Waals surface area contributed by atoms with Crippen molar-refractivity contribution in [3.05, 3.63) is 34.9 Å². The fraction of sp³-hybridized carbons (Fsp3) is 0.667. The van der Waals surface area contributed by atoms with Gasteiger partial charge in [-0.15, -0.1) is 0 Å². The van der Waals surface area contributed by atoms with Crippen molar-refractivity contribution in [2.45, 2.75) is 69.2 Å². The molecule has 0 radical (unpaired) electrons. The van der Waals surface area contributed by atoms with Crippen molar-refractivity contribution >= 4 is 11.8 Å². The molecule has 3 rings (SSSR count). The molecule has 1 aromatic carbocycles. The minimum Gasteiger partial charge on any atom is -0.307 e. The molecule has 110 valence electrons. The van der Waals surface area contributed by atoms with E-state index in [2.05, 4.69) is 36.7 Å². The molecule has 3 unspecified atom stereocenters. The highest BCUT2D eigenvalue weighted by Gasteiger charge is 2.23. The average molecular weight is 289 g/mol. The molecule has 2 heteroatoms. The van der Waals surface area contributed by atoms with Crippen LogP contribution < -0.4 is 5.32 Å². The molecule has 1 N–H and O–H groups in total. The molecule has 0 spiro atoms. The van der Waals surface area contributed by atoms with Gasteiger partial charge in [0.1, 0.15) is 0 Å². The number of rotatable bonds is 4. The van der Waals surface area contributed by atoms with Gasteiger partial charge in [0, 0.05) is 17.3 Å². The molecule has 0 amide bonds. The van der Waals surface area contributed by atoms with Gasteiger partial charge < -0.3 is 5.32 Å². The maximum atomic E-state index is 3.88. The second kappa shape index (κ2) is 6.53. The highest BCUT2D eigenvalue weighted by Crippen LogP contribution is 2.29. The summed E-state index contributed by atoms with van der Waals surface area (Å²) in [7, 11) is 0. The summed E-state index contributed by atoms with van der Waals surface area (Å²) in [4.78, 5) is 0. The number of aryl methyl sites for hydroxylation is 2. The summed E-state index contributed by atoms with van der Waals surface area (Å²) in [6.45, 7) is 2.33. The first-order valence-electron chi connectivity index (χ1n) is 8.17. The Morgan fingerprint density at radius 1 is 1.15 bits per heavy atom. The third-order valence-electron chi connectivity index (χ3n) is 5.07. The number of thioether (sulfide) groups is 1. The topological polar surface area (TPSA) is 12.0 Å². The smallest absolute Gasteiger partial charge is 0.0294 e. The van der Waals surface area contributed by atoms with Crippen molar-refractivity contribution in [1.29, 1.82) is 0 Å². The Morgan fingerprint density at radius 2 is 2.00 bits per heavy atom. The Bertz CT molecular complexity index is 457. The summed E-state index contributed by atoms with van der Waals surface area (Å²) >= 11 is 2.05. The lowest BCUT2D eigenvalue weighted by molar-refractivity contribution is 0.353. The lowest BCUT2D eigenvalue weighted by Crippen LogP contribution is -2.36. The van der Waals surface area contributed by atoms with Gasteiger partial charge in [0.2, 0.25) is 0 Å². The summed E-state index contributed by atoms with van der Waals surface area (Å²) in [6.07, 6.45) is 11.7. The van der Waals surface area contributed by atoms with Gasteiger partial charge in [-0.3, -0.25) is 0 Å². The van der Waals surface area contributed by atoms with E-state index in [9.17, 15) is 0 Å². The van der Waals surface area contributed by atoms with Crippen LogP contribution in [-0.4, -0.2) is 17.5 Å². The molecule has 1 fully saturated rings. The van der Waals surface area contributed by atoms with Gasteiger partial charge in [0.05, 0.1) is 0 Å². The van der Waals surface area contributed by atoms with Gasteiger partial charge >= 0.3 is 0 Å². The second-order valence-electron chi connectivity index (χ2n) is 6.49. The van der Waals surface area contributed by atoms with E-state index in [1.807, 2.05) is 11.8 Å². The molecule has 1 saturated carbocycles. The van der Waals surface area contributed by atoms with E-state index in [0.717, 1.165) is 5.25 Å². The molecule has 0 aliphatic heterocycles.